The molecule has 1 aromatic heterocycles. The number of ether oxygens (including phenoxy) is 1. The number of carboxylic acids is 1. The van der Waals surface area contributed by atoms with Crippen molar-refractivity contribution >= 4 is 22.9 Å². The third kappa shape index (κ3) is 2.71. The Morgan fingerprint density at radius 1 is 1.62 bits per heavy atom. The second kappa shape index (κ2) is 5.27. The molecule has 0 bridgehead atoms. The van der Waals surface area contributed by atoms with Gasteiger partial charge in [0.15, 0.2) is 0 Å². The monoisotopic (exact) mass is 238 g/mol. The first-order valence-electron chi connectivity index (χ1n) is 5.34. The maximum Gasteiger partial charge on any atom is 0.336 e. The molecule has 0 spiro atoms. The van der Waals surface area contributed by atoms with Gasteiger partial charge in [0.1, 0.15) is 0 Å². The number of aliphatic carboxylic acids is 1. The fourth-order valence-corrected chi connectivity index (χ4v) is 2.57. The number of thiophene rings is 1. The normalized spacial score (nSPS) is 22.0. The van der Waals surface area contributed by atoms with Crippen LogP contribution in [0, 0.1) is 5.92 Å². The Hall–Kier alpha value is -1.13. The minimum absolute atomic E-state index is 0.238. The van der Waals surface area contributed by atoms with Crippen molar-refractivity contribution < 1.29 is 14.6 Å². The lowest BCUT2D eigenvalue weighted by atomic mass is 9.98. The Labute approximate surface area is 98.4 Å². The van der Waals surface area contributed by atoms with Crippen LogP contribution in [0.2, 0.25) is 0 Å². The van der Waals surface area contributed by atoms with Crippen molar-refractivity contribution in [2.24, 2.45) is 5.92 Å². The van der Waals surface area contributed by atoms with Crippen molar-refractivity contribution in [2.75, 3.05) is 13.2 Å². The molecule has 1 atom stereocenters. The second-order valence-electron chi connectivity index (χ2n) is 3.84. The zero-order valence-electron chi connectivity index (χ0n) is 8.89. The van der Waals surface area contributed by atoms with Crippen LogP contribution in [-0.4, -0.2) is 24.3 Å². The summed E-state index contributed by atoms with van der Waals surface area (Å²) in [4.78, 5) is 12.0. The lowest BCUT2D eigenvalue weighted by molar-refractivity contribution is -0.130. The van der Waals surface area contributed by atoms with Gasteiger partial charge in [-0.1, -0.05) is 12.1 Å². The summed E-state index contributed by atoms with van der Waals surface area (Å²) < 4.78 is 5.35. The molecule has 0 saturated carbocycles. The highest BCUT2D eigenvalue weighted by Crippen LogP contribution is 2.25. The molecular weight excluding hydrogens is 224 g/mol. The number of hydrogen-bond acceptors (Lipinski definition) is 3. The zero-order chi connectivity index (χ0) is 11.4. The van der Waals surface area contributed by atoms with Crippen LogP contribution >= 0.6 is 11.3 Å². The van der Waals surface area contributed by atoms with Crippen molar-refractivity contribution in [1.29, 1.82) is 0 Å². The standard InChI is InChI=1S/C12H14O3S/c13-12(14)10(11-4-2-6-16-11)7-9-3-1-5-15-8-9/h2,4,6-7,9H,1,3,5,8H2,(H,13,14)/b10-7+. The van der Waals surface area contributed by atoms with Crippen LogP contribution in [0.15, 0.2) is 23.6 Å². The van der Waals surface area contributed by atoms with E-state index in [9.17, 15) is 9.90 Å². The van der Waals surface area contributed by atoms with Gasteiger partial charge in [0, 0.05) is 17.4 Å². The van der Waals surface area contributed by atoms with Gasteiger partial charge in [-0.3, -0.25) is 0 Å². The lowest BCUT2D eigenvalue weighted by Crippen LogP contribution is -2.16. The van der Waals surface area contributed by atoms with Crippen LogP contribution in [0.3, 0.4) is 0 Å². The maximum absolute atomic E-state index is 11.2. The Bertz CT molecular complexity index is 375. The first kappa shape index (κ1) is 11.4. The summed E-state index contributed by atoms with van der Waals surface area (Å²) in [5.41, 5.74) is 0.408. The van der Waals surface area contributed by atoms with Crippen LogP contribution in [0.1, 0.15) is 17.7 Å². The highest BCUT2D eigenvalue weighted by Gasteiger charge is 2.17. The Kier molecular flexibility index (Phi) is 3.74. The molecule has 0 radical (unpaired) electrons. The fraction of sp³-hybridized carbons (Fsp3) is 0.417. The molecule has 4 heteroatoms. The highest BCUT2D eigenvalue weighted by atomic mass is 32.1. The molecule has 0 aromatic carbocycles. The van der Waals surface area contributed by atoms with E-state index in [1.165, 1.54) is 11.3 Å². The molecule has 1 saturated heterocycles. The van der Waals surface area contributed by atoms with E-state index in [4.69, 9.17) is 4.74 Å². The molecule has 1 fully saturated rings. The number of carboxylic acid groups (broad SMARTS) is 1. The summed E-state index contributed by atoms with van der Waals surface area (Å²) in [7, 11) is 0. The van der Waals surface area contributed by atoms with Gasteiger partial charge in [0.2, 0.25) is 0 Å². The van der Waals surface area contributed by atoms with Crippen molar-refractivity contribution in [3.63, 3.8) is 0 Å². The molecule has 1 N–H and O–H groups in total. The van der Waals surface area contributed by atoms with Crippen LogP contribution in [-0.2, 0) is 9.53 Å². The highest BCUT2D eigenvalue weighted by molar-refractivity contribution is 7.11. The molecule has 2 heterocycles. The molecule has 1 aromatic rings. The van der Waals surface area contributed by atoms with Crippen molar-refractivity contribution in [3.05, 3.63) is 28.5 Å². The summed E-state index contributed by atoms with van der Waals surface area (Å²) in [5, 5.41) is 11.1. The SMILES string of the molecule is O=C(O)/C(=C/C1CCCOC1)c1cccs1. The third-order valence-corrected chi connectivity index (χ3v) is 3.52. The van der Waals surface area contributed by atoms with Crippen molar-refractivity contribution in [3.8, 4) is 0 Å². The Morgan fingerprint density at radius 3 is 3.06 bits per heavy atom. The van der Waals surface area contributed by atoms with Gasteiger partial charge >= 0.3 is 5.97 Å². The van der Waals surface area contributed by atoms with Gasteiger partial charge in [-0.25, -0.2) is 4.79 Å². The smallest absolute Gasteiger partial charge is 0.336 e. The summed E-state index contributed by atoms with van der Waals surface area (Å²) >= 11 is 1.46. The largest absolute Gasteiger partial charge is 0.478 e. The third-order valence-electron chi connectivity index (χ3n) is 2.61. The minimum atomic E-state index is -0.854. The van der Waals surface area contributed by atoms with Crippen LogP contribution in [0.25, 0.3) is 5.57 Å². The van der Waals surface area contributed by atoms with Crippen molar-refractivity contribution in [2.45, 2.75) is 12.8 Å². The summed E-state index contributed by atoms with van der Waals surface area (Å²) in [6.07, 6.45) is 3.87. The summed E-state index contributed by atoms with van der Waals surface area (Å²) in [6, 6.07) is 3.71. The number of rotatable bonds is 3. The number of carbonyl (C=O) groups is 1. The maximum atomic E-state index is 11.2. The molecule has 1 aliphatic rings. The summed E-state index contributed by atoms with van der Waals surface area (Å²) in [5.74, 6) is -0.616. The lowest BCUT2D eigenvalue weighted by Gasteiger charge is -2.19. The van der Waals surface area contributed by atoms with E-state index in [1.54, 1.807) is 0 Å². The molecular formula is C12H14O3S. The average molecular weight is 238 g/mol. The van der Waals surface area contributed by atoms with Crippen LogP contribution < -0.4 is 0 Å². The van der Waals surface area contributed by atoms with E-state index in [1.807, 2.05) is 23.6 Å². The zero-order valence-corrected chi connectivity index (χ0v) is 9.70. The van der Waals surface area contributed by atoms with Gasteiger partial charge in [-0.05, 0) is 24.3 Å². The molecule has 86 valence electrons. The molecule has 3 nitrogen and oxygen atoms in total. The van der Waals surface area contributed by atoms with E-state index in [2.05, 4.69) is 0 Å². The van der Waals surface area contributed by atoms with Gasteiger partial charge in [0.05, 0.1) is 12.2 Å². The average Bonchev–Trinajstić information content (AvgIpc) is 2.80. The van der Waals surface area contributed by atoms with E-state index >= 15 is 0 Å². The van der Waals surface area contributed by atoms with Crippen molar-refractivity contribution in [1.82, 2.24) is 0 Å². The quantitative estimate of drug-likeness (QED) is 0.823. The molecule has 2 rings (SSSR count). The van der Waals surface area contributed by atoms with Gasteiger partial charge in [-0.15, -0.1) is 11.3 Å². The first-order valence-corrected chi connectivity index (χ1v) is 6.22. The summed E-state index contributed by atoms with van der Waals surface area (Å²) in [6.45, 7) is 1.44. The second-order valence-corrected chi connectivity index (χ2v) is 4.79. The molecule has 0 aliphatic carbocycles. The van der Waals surface area contributed by atoms with E-state index < -0.39 is 5.97 Å². The van der Waals surface area contributed by atoms with E-state index in [0.29, 0.717) is 12.2 Å². The topological polar surface area (TPSA) is 46.5 Å². The van der Waals surface area contributed by atoms with Gasteiger partial charge in [0.25, 0.3) is 0 Å². The minimum Gasteiger partial charge on any atom is -0.478 e. The molecule has 1 unspecified atom stereocenters. The fourth-order valence-electron chi connectivity index (χ4n) is 1.82. The molecule has 16 heavy (non-hydrogen) atoms. The van der Waals surface area contributed by atoms with Gasteiger partial charge in [-0.2, -0.15) is 0 Å². The van der Waals surface area contributed by atoms with E-state index in [0.717, 1.165) is 24.3 Å². The predicted octanol–water partition coefficient (Wildman–Crippen LogP) is 2.64. The predicted molar refractivity (Wildman–Crippen MR) is 63.5 cm³/mol. The van der Waals surface area contributed by atoms with Crippen LogP contribution in [0.4, 0.5) is 0 Å². The van der Waals surface area contributed by atoms with Crippen LogP contribution in [0.5, 0.6) is 0 Å². The van der Waals surface area contributed by atoms with E-state index in [-0.39, 0.29) is 5.92 Å². The van der Waals surface area contributed by atoms with Gasteiger partial charge < -0.3 is 9.84 Å². The Morgan fingerprint density at radius 2 is 2.50 bits per heavy atom. The molecule has 0 amide bonds. The first-order chi connectivity index (χ1) is 7.77. The number of hydrogen-bond donors (Lipinski definition) is 1. The Balaban J connectivity index is 2.18. The molecule has 1 aliphatic heterocycles.